The SMILES string of the molecule is COC(=O)C[C@H]1CC[C@@H]2[C@@H](COc3ccc(NC(=O)Nc4ccc(Cl)cc4)cc3C(=O)N2C)O1. The van der Waals surface area contributed by atoms with Crippen LogP contribution in [0.15, 0.2) is 42.5 Å². The molecule has 180 valence electrons. The molecule has 2 heterocycles. The number of fused-ring (bicyclic) bond motifs is 2. The summed E-state index contributed by atoms with van der Waals surface area (Å²) in [5.41, 5.74) is 1.38. The smallest absolute Gasteiger partial charge is 0.323 e. The Balaban J connectivity index is 1.46. The molecule has 0 radical (unpaired) electrons. The highest BCUT2D eigenvalue weighted by Crippen LogP contribution is 2.32. The fourth-order valence-electron chi connectivity index (χ4n) is 4.20. The molecular weight excluding hydrogens is 462 g/mol. The van der Waals surface area contributed by atoms with Gasteiger partial charge in [-0.15, -0.1) is 0 Å². The predicted octanol–water partition coefficient (Wildman–Crippen LogP) is 3.93. The Kier molecular flexibility index (Phi) is 7.23. The minimum atomic E-state index is -0.452. The second kappa shape index (κ2) is 10.3. The van der Waals surface area contributed by atoms with E-state index in [1.54, 1.807) is 54.4 Å². The molecule has 2 aliphatic heterocycles. The van der Waals surface area contributed by atoms with Crippen LogP contribution in [0.4, 0.5) is 16.2 Å². The number of ether oxygens (including phenoxy) is 3. The average molecular weight is 488 g/mol. The third-order valence-electron chi connectivity index (χ3n) is 5.99. The number of carbonyl (C=O) groups is 3. The number of anilines is 2. The molecule has 2 aliphatic rings. The van der Waals surface area contributed by atoms with Crippen LogP contribution >= 0.6 is 11.6 Å². The quantitative estimate of drug-likeness (QED) is 0.633. The lowest BCUT2D eigenvalue weighted by atomic mass is 9.94. The number of hydrogen-bond acceptors (Lipinski definition) is 6. The molecule has 34 heavy (non-hydrogen) atoms. The molecule has 4 rings (SSSR count). The van der Waals surface area contributed by atoms with E-state index < -0.39 is 6.03 Å². The van der Waals surface area contributed by atoms with Crippen molar-refractivity contribution in [3.8, 4) is 5.75 Å². The zero-order valence-corrected chi connectivity index (χ0v) is 19.6. The van der Waals surface area contributed by atoms with Gasteiger partial charge in [-0.3, -0.25) is 9.59 Å². The zero-order valence-electron chi connectivity index (χ0n) is 18.9. The Morgan fingerprint density at radius 1 is 1.12 bits per heavy atom. The molecule has 0 bridgehead atoms. The van der Waals surface area contributed by atoms with Gasteiger partial charge in [0.15, 0.2) is 0 Å². The molecule has 2 aromatic carbocycles. The van der Waals surface area contributed by atoms with Crippen molar-refractivity contribution < 1.29 is 28.6 Å². The molecule has 2 N–H and O–H groups in total. The summed E-state index contributed by atoms with van der Waals surface area (Å²) >= 11 is 5.87. The van der Waals surface area contributed by atoms with Crippen molar-refractivity contribution in [2.75, 3.05) is 31.4 Å². The monoisotopic (exact) mass is 487 g/mol. The lowest BCUT2D eigenvalue weighted by Crippen LogP contribution is -2.53. The molecule has 0 saturated carbocycles. The van der Waals surface area contributed by atoms with E-state index in [1.165, 1.54) is 7.11 Å². The van der Waals surface area contributed by atoms with Crippen LogP contribution in [0.2, 0.25) is 5.02 Å². The van der Waals surface area contributed by atoms with E-state index in [0.29, 0.717) is 40.6 Å². The molecule has 9 nitrogen and oxygen atoms in total. The van der Waals surface area contributed by atoms with Gasteiger partial charge in [0, 0.05) is 23.4 Å². The van der Waals surface area contributed by atoms with E-state index in [0.717, 1.165) is 0 Å². The maximum Gasteiger partial charge on any atom is 0.323 e. The maximum atomic E-state index is 13.3. The van der Waals surface area contributed by atoms with Gasteiger partial charge >= 0.3 is 12.0 Å². The molecule has 2 aromatic rings. The van der Waals surface area contributed by atoms with Crippen molar-refractivity contribution in [2.24, 2.45) is 0 Å². The van der Waals surface area contributed by atoms with E-state index in [9.17, 15) is 14.4 Å². The highest BCUT2D eigenvalue weighted by atomic mass is 35.5. The summed E-state index contributed by atoms with van der Waals surface area (Å²) in [5, 5.41) is 6.02. The first-order valence-electron chi connectivity index (χ1n) is 10.9. The summed E-state index contributed by atoms with van der Waals surface area (Å²) in [5.74, 6) is -0.163. The van der Waals surface area contributed by atoms with Crippen LogP contribution in [0.1, 0.15) is 29.6 Å². The van der Waals surface area contributed by atoms with Crippen LogP contribution < -0.4 is 15.4 Å². The van der Waals surface area contributed by atoms with Gasteiger partial charge in [-0.25, -0.2) is 4.79 Å². The highest BCUT2D eigenvalue weighted by molar-refractivity contribution is 6.30. The second-order valence-corrected chi connectivity index (χ2v) is 8.68. The molecule has 3 amide bonds. The van der Waals surface area contributed by atoms with Gasteiger partial charge in [0.2, 0.25) is 0 Å². The number of urea groups is 1. The number of nitrogens with zero attached hydrogens (tertiary/aromatic N) is 1. The van der Waals surface area contributed by atoms with Crippen molar-refractivity contribution in [3.63, 3.8) is 0 Å². The largest absolute Gasteiger partial charge is 0.490 e. The van der Waals surface area contributed by atoms with Crippen LogP contribution in [0.3, 0.4) is 0 Å². The predicted molar refractivity (Wildman–Crippen MR) is 126 cm³/mol. The molecule has 10 heteroatoms. The number of esters is 1. The first kappa shape index (κ1) is 23.8. The first-order valence-corrected chi connectivity index (χ1v) is 11.3. The normalized spacial score (nSPS) is 21.8. The van der Waals surface area contributed by atoms with Crippen molar-refractivity contribution in [2.45, 2.75) is 37.5 Å². The number of nitrogens with one attached hydrogen (secondary N) is 2. The van der Waals surface area contributed by atoms with E-state index >= 15 is 0 Å². The minimum Gasteiger partial charge on any atom is -0.490 e. The van der Waals surface area contributed by atoms with Crippen molar-refractivity contribution >= 4 is 40.9 Å². The van der Waals surface area contributed by atoms with Gasteiger partial charge in [-0.1, -0.05) is 11.6 Å². The molecule has 0 aromatic heterocycles. The van der Waals surface area contributed by atoms with Crippen molar-refractivity contribution in [1.82, 2.24) is 4.90 Å². The number of carbonyl (C=O) groups excluding carboxylic acids is 3. The van der Waals surface area contributed by atoms with Gasteiger partial charge < -0.3 is 29.7 Å². The Morgan fingerprint density at radius 2 is 1.82 bits per heavy atom. The zero-order chi connectivity index (χ0) is 24.2. The molecule has 0 aliphatic carbocycles. The van der Waals surface area contributed by atoms with Gasteiger partial charge in [-0.2, -0.15) is 0 Å². The van der Waals surface area contributed by atoms with Gasteiger partial charge in [0.1, 0.15) is 18.5 Å². The van der Waals surface area contributed by atoms with Crippen LogP contribution in [0, 0.1) is 0 Å². The Hall–Kier alpha value is -3.30. The molecule has 0 spiro atoms. The lowest BCUT2D eigenvalue weighted by Gasteiger charge is -2.42. The lowest BCUT2D eigenvalue weighted by molar-refractivity contribution is -0.151. The summed E-state index contributed by atoms with van der Waals surface area (Å²) < 4.78 is 16.8. The maximum absolute atomic E-state index is 13.3. The average Bonchev–Trinajstić information content (AvgIpc) is 2.83. The third kappa shape index (κ3) is 5.43. The summed E-state index contributed by atoms with van der Waals surface area (Å²) in [7, 11) is 3.08. The van der Waals surface area contributed by atoms with Crippen LogP contribution in [-0.4, -0.2) is 61.8 Å². The Morgan fingerprint density at radius 3 is 2.56 bits per heavy atom. The number of hydrogen-bond donors (Lipinski definition) is 2. The number of methoxy groups -OCH3 is 1. The van der Waals surface area contributed by atoms with Gasteiger partial charge in [0.25, 0.3) is 5.91 Å². The van der Waals surface area contributed by atoms with Gasteiger partial charge in [-0.05, 0) is 55.3 Å². The Labute approximate surface area is 202 Å². The van der Waals surface area contributed by atoms with E-state index in [2.05, 4.69) is 10.6 Å². The second-order valence-electron chi connectivity index (χ2n) is 8.25. The standard InChI is InChI=1S/C24H26ClN3O6/c1-28-19-9-8-17(12-22(29)32-2)34-21(19)13-33-20-10-7-16(11-18(20)23(28)30)27-24(31)26-15-5-3-14(25)4-6-15/h3-7,10-11,17,19,21H,8-9,12-13H2,1-2H3,(H2,26,27,31)/t17-,19-,21-/m1/s1. The number of amides is 3. The van der Waals surface area contributed by atoms with Crippen LogP contribution in [-0.2, 0) is 14.3 Å². The highest BCUT2D eigenvalue weighted by Gasteiger charge is 2.39. The first-order chi connectivity index (χ1) is 16.3. The van der Waals surface area contributed by atoms with Crippen molar-refractivity contribution in [1.29, 1.82) is 0 Å². The molecule has 0 unspecified atom stereocenters. The fourth-order valence-corrected chi connectivity index (χ4v) is 4.33. The summed E-state index contributed by atoms with van der Waals surface area (Å²) in [4.78, 5) is 39.0. The topological polar surface area (TPSA) is 106 Å². The number of likely N-dealkylation sites (N-methyl/N-ethyl adjacent to an activating group) is 1. The molecule has 1 saturated heterocycles. The third-order valence-corrected chi connectivity index (χ3v) is 6.25. The summed E-state index contributed by atoms with van der Waals surface area (Å²) in [6, 6.07) is 11.0. The van der Waals surface area contributed by atoms with Gasteiger partial charge in [0.05, 0.1) is 31.2 Å². The Bertz CT molecular complexity index is 1080. The minimum absolute atomic E-state index is 0.168. The molecule has 1 fully saturated rings. The fraction of sp³-hybridized carbons (Fsp3) is 0.375. The summed E-state index contributed by atoms with van der Waals surface area (Å²) in [6.07, 6.45) is 0.835. The van der Waals surface area contributed by atoms with E-state index in [-0.39, 0.29) is 43.2 Å². The molecular formula is C24H26ClN3O6. The number of halogens is 1. The van der Waals surface area contributed by atoms with Crippen molar-refractivity contribution in [3.05, 3.63) is 53.1 Å². The molecule has 3 atom stereocenters. The van der Waals surface area contributed by atoms with Crippen LogP contribution in [0.5, 0.6) is 5.75 Å². The van der Waals surface area contributed by atoms with Crippen LogP contribution in [0.25, 0.3) is 0 Å². The number of rotatable bonds is 4. The summed E-state index contributed by atoms with van der Waals surface area (Å²) in [6.45, 7) is 0.233. The van der Waals surface area contributed by atoms with E-state index in [4.69, 9.17) is 25.8 Å². The number of benzene rings is 2. The van der Waals surface area contributed by atoms with E-state index in [1.807, 2.05) is 0 Å².